The first kappa shape index (κ1) is 25.9. The van der Waals surface area contributed by atoms with E-state index in [1.54, 1.807) is 23.1 Å². The summed E-state index contributed by atoms with van der Waals surface area (Å²) in [5.74, 6) is -0.354. The van der Waals surface area contributed by atoms with Gasteiger partial charge in [-0.2, -0.15) is 0 Å². The first-order chi connectivity index (χ1) is 16.6. The molecule has 0 unspecified atom stereocenters. The highest BCUT2D eigenvalue weighted by atomic mass is 16.3. The fraction of sp³-hybridized carbons (Fsp3) is 0.345. The summed E-state index contributed by atoms with van der Waals surface area (Å²) in [7, 11) is 0. The van der Waals surface area contributed by atoms with Crippen molar-refractivity contribution in [1.82, 2.24) is 9.80 Å². The number of aryl methyl sites for hydroxylation is 1. The largest absolute Gasteiger partial charge is 0.464 e. The van der Waals surface area contributed by atoms with Crippen LogP contribution in [0.2, 0.25) is 0 Å². The van der Waals surface area contributed by atoms with Gasteiger partial charge in [0.15, 0.2) is 5.43 Å². The van der Waals surface area contributed by atoms with Crippen LogP contribution in [0.4, 0.5) is 0 Å². The number of amides is 2. The lowest BCUT2D eigenvalue weighted by molar-refractivity contribution is -0.141. The summed E-state index contributed by atoms with van der Waals surface area (Å²) in [6, 6.07) is 15.0. The molecule has 0 saturated carbocycles. The number of hydrogen-bond acceptors (Lipinski definition) is 4. The van der Waals surface area contributed by atoms with Crippen LogP contribution in [0.3, 0.4) is 0 Å². The van der Waals surface area contributed by atoms with Crippen LogP contribution in [0, 0.1) is 12.3 Å². The van der Waals surface area contributed by atoms with E-state index in [0.29, 0.717) is 29.5 Å². The van der Waals surface area contributed by atoms with E-state index in [2.05, 4.69) is 6.58 Å². The lowest BCUT2D eigenvalue weighted by Crippen LogP contribution is -2.43. The van der Waals surface area contributed by atoms with Crippen LogP contribution in [0.1, 0.15) is 43.9 Å². The van der Waals surface area contributed by atoms with Crippen LogP contribution >= 0.6 is 0 Å². The second-order valence-electron chi connectivity index (χ2n) is 10.1. The maximum atomic E-state index is 13.5. The number of carbonyl (C=O) groups excluding carboxylic acids is 2. The Balaban J connectivity index is 1.90. The zero-order chi connectivity index (χ0) is 25.6. The molecule has 0 spiro atoms. The molecule has 0 N–H and O–H groups in total. The van der Waals surface area contributed by atoms with Gasteiger partial charge < -0.3 is 14.2 Å². The number of nitrogens with zero attached hydrogens (tertiary/aromatic N) is 2. The highest BCUT2D eigenvalue weighted by Crippen LogP contribution is 2.20. The van der Waals surface area contributed by atoms with E-state index < -0.39 is 0 Å². The maximum absolute atomic E-state index is 13.5. The van der Waals surface area contributed by atoms with Crippen LogP contribution in [0.15, 0.2) is 76.7 Å². The molecular weight excluding hydrogens is 440 g/mol. The third kappa shape index (κ3) is 7.15. The van der Waals surface area contributed by atoms with Gasteiger partial charge in [-0.1, -0.05) is 68.8 Å². The average Bonchev–Trinajstić information content (AvgIpc) is 2.80. The molecule has 6 heteroatoms. The van der Waals surface area contributed by atoms with E-state index >= 15 is 0 Å². The summed E-state index contributed by atoms with van der Waals surface area (Å²) in [5.41, 5.74) is 2.42. The Morgan fingerprint density at radius 1 is 1.00 bits per heavy atom. The molecule has 184 valence electrons. The quantitative estimate of drug-likeness (QED) is 0.406. The van der Waals surface area contributed by atoms with Crippen molar-refractivity contribution in [3.63, 3.8) is 0 Å². The van der Waals surface area contributed by atoms with E-state index in [1.807, 2.05) is 64.1 Å². The SMILES string of the molecule is C=CCN(CC(=O)N(Cc1ccccc1)Cc1coc2ccc(C)cc2c1=O)C(=O)CC(C)(C)C. The van der Waals surface area contributed by atoms with Gasteiger partial charge in [-0.15, -0.1) is 6.58 Å². The molecule has 1 aromatic heterocycles. The molecule has 0 fully saturated rings. The van der Waals surface area contributed by atoms with Crippen LogP contribution < -0.4 is 5.43 Å². The van der Waals surface area contributed by atoms with Gasteiger partial charge in [0, 0.05) is 19.5 Å². The summed E-state index contributed by atoms with van der Waals surface area (Å²) < 4.78 is 5.71. The normalized spacial score (nSPS) is 11.3. The van der Waals surface area contributed by atoms with Gasteiger partial charge in [-0.3, -0.25) is 14.4 Å². The number of fused-ring (bicyclic) bond motifs is 1. The molecular formula is C29H34N2O4. The summed E-state index contributed by atoms with van der Waals surface area (Å²) in [4.78, 5) is 42.7. The third-order valence-corrected chi connectivity index (χ3v) is 5.64. The van der Waals surface area contributed by atoms with Gasteiger partial charge in [0.25, 0.3) is 0 Å². The van der Waals surface area contributed by atoms with Gasteiger partial charge in [-0.25, -0.2) is 0 Å². The molecule has 1 heterocycles. The highest BCUT2D eigenvalue weighted by Gasteiger charge is 2.25. The monoisotopic (exact) mass is 474 g/mol. The topological polar surface area (TPSA) is 70.8 Å². The first-order valence-corrected chi connectivity index (χ1v) is 11.8. The number of carbonyl (C=O) groups is 2. The van der Waals surface area contributed by atoms with Crippen molar-refractivity contribution < 1.29 is 14.0 Å². The molecule has 0 saturated heterocycles. The molecule has 3 aromatic rings. The molecule has 0 atom stereocenters. The molecule has 0 bridgehead atoms. The van der Waals surface area contributed by atoms with Crippen molar-refractivity contribution in [1.29, 1.82) is 0 Å². The molecule has 2 amide bonds. The second-order valence-corrected chi connectivity index (χ2v) is 10.1. The predicted molar refractivity (Wildman–Crippen MR) is 139 cm³/mol. The van der Waals surface area contributed by atoms with Crippen molar-refractivity contribution >= 4 is 22.8 Å². The minimum atomic E-state index is -0.248. The Morgan fingerprint density at radius 3 is 2.37 bits per heavy atom. The molecule has 3 rings (SSSR count). The predicted octanol–water partition coefficient (Wildman–Crippen LogP) is 5.08. The van der Waals surface area contributed by atoms with Crippen molar-refractivity contribution in [2.75, 3.05) is 13.1 Å². The Kier molecular flexibility index (Phi) is 8.28. The maximum Gasteiger partial charge on any atom is 0.242 e. The van der Waals surface area contributed by atoms with Gasteiger partial charge >= 0.3 is 0 Å². The van der Waals surface area contributed by atoms with Gasteiger partial charge in [-0.05, 0) is 30.0 Å². The zero-order valence-electron chi connectivity index (χ0n) is 21.0. The Morgan fingerprint density at radius 2 is 1.71 bits per heavy atom. The van der Waals surface area contributed by atoms with E-state index in [-0.39, 0.29) is 42.3 Å². The summed E-state index contributed by atoms with van der Waals surface area (Å²) in [5, 5.41) is 0.489. The Bertz CT molecular complexity index is 1260. The fourth-order valence-corrected chi connectivity index (χ4v) is 3.88. The molecule has 2 aromatic carbocycles. The van der Waals surface area contributed by atoms with Crippen LogP contribution in [0.5, 0.6) is 0 Å². The van der Waals surface area contributed by atoms with Gasteiger partial charge in [0.2, 0.25) is 11.8 Å². The van der Waals surface area contributed by atoms with Crippen LogP contribution in [0.25, 0.3) is 11.0 Å². The molecule has 6 nitrogen and oxygen atoms in total. The minimum absolute atomic E-state index is 0.0787. The number of rotatable bonds is 9. The second kappa shape index (κ2) is 11.2. The van der Waals surface area contributed by atoms with Crippen molar-refractivity contribution in [2.24, 2.45) is 5.41 Å². The van der Waals surface area contributed by atoms with Crippen molar-refractivity contribution in [3.8, 4) is 0 Å². The van der Waals surface area contributed by atoms with E-state index in [0.717, 1.165) is 11.1 Å². The number of benzene rings is 2. The fourth-order valence-electron chi connectivity index (χ4n) is 3.88. The number of hydrogen-bond donors (Lipinski definition) is 0. The summed E-state index contributed by atoms with van der Waals surface area (Å²) in [6.07, 6.45) is 3.37. The molecule has 0 aliphatic carbocycles. The third-order valence-electron chi connectivity index (χ3n) is 5.64. The van der Waals surface area contributed by atoms with Crippen LogP contribution in [-0.4, -0.2) is 34.7 Å². The van der Waals surface area contributed by atoms with Crippen molar-refractivity contribution in [3.05, 3.63) is 94.4 Å². The Hall–Kier alpha value is -3.67. The lowest BCUT2D eigenvalue weighted by atomic mass is 9.91. The lowest BCUT2D eigenvalue weighted by Gasteiger charge is -2.29. The van der Waals surface area contributed by atoms with Crippen molar-refractivity contribution in [2.45, 2.75) is 47.2 Å². The van der Waals surface area contributed by atoms with E-state index in [1.165, 1.54) is 11.2 Å². The van der Waals surface area contributed by atoms with Crippen LogP contribution in [-0.2, 0) is 22.7 Å². The van der Waals surface area contributed by atoms with Gasteiger partial charge in [0.05, 0.1) is 23.8 Å². The van der Waals surface area contributed by atoms with E-state index in [9.17, 15) is 14.4 Å². The molecule has 35 heavy (non-hydrogen) atoms. The molecule has 0 aliphatic rings. The smallest absolute Gasteiger partial charge is 0.242 e. The summed E-state index contributed by atoms with van der Waals surface area (Å²) in [6.45, 7) is 12.2. The molecule has 0 aliphatic heterocycles. The first-order valence-electron chi connectivity index (χ1n) is 11.8. The van der Waals surface area contributed by atoms with Gasteiger partial charge in [0.1, 0.15) is 12.1 Å². The summed E-state index contributed by atoms with van der Waals surface area (Å²) >= 11 is 0. The minimum Gasteiger partial charge on any atom is -0.464 e. The average molecular weight is 475 g/mol. The Labute approximate surface area is 206 Å². The highest BCUT2D eigenvalue weighted by molar-refractivity contribution is 5.85. The molecule has 0 radical (unpaired) electrons. The zero-order valence-corrected chi connectivity index (χ0v) is 21.0. The standard InChI is InChI=1S/C29H34N2O4/c1-6-14-30(26(32)16-29(3,4)5)19-27(33)31(17-22-10-8-7-9-11-22)18-23-20-35-25-13-12-21(2)15-24(25)28(23)34/h6-13,15,20H,1,14,16-19H2,2-5H3. The van der Waals surface area contributed by atoms with E-state index in [4.69, 9.17) is 4.42 Å².